The molecule has 37 heavy (non-hydrogen) atoms. The number of benzene rings is 4. The van der Waals surface area contributed by atoms with Gasteiger partial charge in [-0.15, -0.1) is 0 Å². The first-order valence-corrected chi connectivity index (χ1v) is 13.6. The molecule has 3 heterocycles. The standard InChI is InChI=1S/C34H33N2O/c1-21(2)17-24-19-31-32(26-13-7-10-16-30(26)37-31)27(18-22(3)4)33(24)36-29-15-9-8-14-28(29)35-20-23-11-5-6-12-25(23)34(35)36/h5-16,19,21-22H,17-18,20H2,1-4H3/q+1. The third-order valence-corrected chi connectivity index (χ3v) is 7.75. The molecule has 0 bridgehead atoms. The summed E-state index contributed by atoms with van der Waals surface area (Å²) in [5, 5.41) is 2.49. The van der Waals surface area contributed by atoms with E-state index in [1.165, 1.54) is 55.6 Å². The van der Waals surface area contributed by atoms with Gasteiger partial charge in [0.2, 0.25) is 0 Å². The lowest BCUT2D eigenvalue weighted by Crippen LogP contribution is -2.31. The monoisotopic (exact) mass is 485 g/mol. The zero-order valence-electron chi connectivity index (χ0n) is 22.1. The van der Waals surface area contributed by atoms with E-state index in [2.05, 4.69) is 116 Å². The van der Waals surface area contributed by atoms with Gasteiger partial charge < -0.3 is 4.42 Å². The number of hydrogen-bond acceptors (Lipinski definition) is 1. The molecule has 0 saturated heterocycles. The first-order chi connectivity index (χ1) is 18.0. The molecular formula is C34H33N2O+. The molecule has 6 aromatic rings. The summed E-state index contributed by atoms with van der Waals surface area (Å²) in [6.07, 6.45) is 2.00. The maximum Gasteiger partial charge on any atom is 0.295 e. The van der Waals surface area contributed by atoms with Gasteiger partial charge in [-0.2, -0.15) is 4.57 Å². The van der Waals surface area contributed by atoms with Crippen LogP contribution < -0.4 is 4.57 Å². The molecule has 184 valence electrons. The molecule has 0 radical (unpaired) electrons. The molecule has 1 aliphatic rings. The normalized spacial score (nSPS) is 12.9. The Hall–Kier alpha value is -3.85. The van der Waals surface area contributed by atoms with Crippen LogP contribution in [0.2, 0.25) is 0 Å². The van der Waals surface area contributed by atoms with E-state index in [0.717, 1.165) is 30.6 Å². The minimum Gasteiger partial charge on any atom is -0.456 e. The van der Waals surface area contributed by atoms with Crippen LogP contribution >= 0.6 is 0 Å². The molecular weight excluding hydrogens is 452 g/mol. The minimum atomic E-state index is 0.514. The Morgan fingerprint density at radius 3 is 2.38 bits per heavy atom. The maximum absolute atomic E-state index is 6.49. The van der Waals surface area contributed by atoms with Crippen molar-refractivity contribution in [1.29, 1.82) is 0 Å². The summed E-state index contributed by atoms with van der Waals surface area (Å²) in [5.41, 5.74) is 11.4. The van der Waals surface area contributed by atoms with Crippen molar-refractivity contribution in [3.63, 3.8) is 0 Å². The predicted octanol–water partition coefficient (Wildman–Crippen LogP) is 8.24. The predicted molar refractivity (Wildman–Crippen MR) is 152 cm³/mol. The first-order valence-electron chi connectivity index (χ1n) is 13.6. The van der Waals surface area contributed by atoms with Crippen LogP contribution in [-0.4, -0.2) is 4.57 Å². The first kappa shape index (κ1) is 22.4. The number of aromatic nitrogens is 2. The number of rotatable bonds is 5. The molecule has 0 atom stereocenters. The number of fused-ring (bicyclic) bond motifs is 8. The Morgan fingerprint density at radius 2 is 1.54 bits per heavy atom. The summed E-state index contributed by atoms with van der Waals surface area (Å²) in [7, 11) is 0. The molecule has 7 rings (SSSR count). The summed E-state index contributed by atoms with van der Waals surface area (Å²) < 4.78 is 11.6. The molecule has 2 aromatic heterocycles. The summed E-state index contributed by atoms with van der Waals surface area (Å²) in [6.45, 7) is 10.2. The highest BCUT2D eigenvalue weighted by Crippen LogP contribution is 2.42. The van der Waals surface area contributed by atoms with Gasteiger partial charge in [-0.05, 0) is 55.0 Å². The van der Waals surface area contributed by atoms with Gasteiger partial charge in [-0.25, -0.2) is 4.57 Å². The molecule has 0 unspecified atom stereocenters. The van der Waals surface area contributed by atoms with Gasteiger partial charge in [0.25, 0.3) is 5.82 Å². The zero-order valence-corrected chi connectivity index (χ0v) is 22.1. The van der Waals surface area contributed by atoms with Gasteiger partial charge in [-0.1, -0.05) is 76.2 Å². The maximum atomic E-state index is 6.49. The smallest absolute Gasteiger partial charge is 0.295 e. The van der Waals surface area contributed by atoms with Crippen LogP contribution in [0.4, 0.5) is 0 Å². The van der Waals surface area contributed by atoms with Crippen molar-refractivity contribution in [3.8, 4) is 17.1 Å². The lowest BCUT2D eigenvalue weighted by atomic mass is 9.90. The molecule has 3 heteroatoms. The highest BCUT2D eigenvalue weighted by Gasteiger charge is 2.37. The molecule has 0 aliphatic carbocycles. The van der Waals surface area contributed by atoms with Crippen LogP contribution in [0.5, 0.6) is 0 Å². The van der Waals surface area contributed by atoms with Crippen molar-refractivity contribution in [3.05, 3.63) is 95.6 Å². The fourth-order valence-electron chi connectivity index (χ4n) is 6.43. The molecule has 3 nitrogen and oxygen atoms in total. The van der Waals surface area contributed by atoms with Crippen molar-refractivity contribution >= 4 is 33.0 Å². The average molecular weight is 486 g/mol. The van der Waals surface area contributed by atoms with E-state index in [1.807, 2.05) is 0 Å². The van der Waals surface area contributed by atoms with Gasteiger partial charge in [0.05, 0.1) is 5.56 Å². The van der Waals surface area contributed by atoms with Crippen molar-refractivity contribution in [1.82, 2.24) is 4.57 Å². The van der Waals surface area contributed by atoms with Crippen LogP contribution in [0.25, 0.3) is 50.0 Å². The minimum absolute atomic E-state index is 0.514. The van der Waals surface area contributed by atoms with Crippen LogP contribution in [0.3, 0.4) is 0 Å². The topological polar surface area (TPSA) is 21.9 Å². The van der Waals surface area contributed by atoms with E-state index in [-0.39, 0.29) is 0 Å². The molecule has 1 aliphatic heterocycles. The molecule has 0 amide bonds. The lowest BCUT2D eigenvalue weighted by Gasteiger charge is -2.18. The Balaban J connectivity index is 1.69. The Kier molecular flexibility index (Phi) is 5.04. The number of hydrogen-bond donors (Lipinski definition) is 0. The number of nitrogens with zero attached hydrogens (tertiary/aromatic N) is 2. The Bertz CT molecular complexity index is 1820. The van der Waals surface area contributed by atoms with E-state index in [9.17, 15) is 0 Å². The third kappa shape index (κ3) is 3.37. The van der Waals surface area contributed by atoms with E-state index >= 15 is 0 Å². The molecule has 0 N–H and O–H groups in total. The van der Waals surface area contributed by atoms with E-state index in [0.29, 0.717) is 11.8 Å². The molecule has 4 aromatic carbocycles. The molecule has 0 spiro atoms. The van der Waals surface area contributed by atoms with Crippen LogP contribution in [0, 0.1) is 11.8 Å². The van der Waals surface area contributed by atoms with Gasteiger partial charge in [-0.3, -0.25) is 0 Å². The largest absolute Gasteiger partial charge is 0.456 e. The van der Waals surface area contributed by atoms with Crippen molar-refractivity contribution in [2.45, 2.75) is 47.1 Å². The van der Waals surface area contributed by atoms with Gasteiger partial charge in [0.15, 0.2) is 11.0 Å². The zero-order chi connectivity index (χ0) is 25.3. The van der Waals surface area contributed by atoms with Crippen molar-refractivity contribution < 1.29 is 8.98 Å². The van der Waals surface area contributed by atoms with Crippen LogP contribution in [-0.2, 0) is 19.4 Å². The lowest BCUT2D eigenvalue weighted by molar-refractivity contribution is -0.645. The van der Waals surface area contributed by atoms with Crippen molar-refractivity contribution in [2.24, 2.45) is 11.8 Å². The van der Waals surface area contributed by atoms with Gasteiger partial charge in [0, 0.05) is 27.5 Å². The van der Waals surface area contributed by atoms with E-state index < -0.39 is 0 Å². The van der Waals surface area contributed by atoms with Crippen LogP contribution in [0.1, 0.15) is 44.4 Å². The number of para-hydroxylation sites is 3. The highest BCUT2D eigenvalue weighted by atomic mass is 16.3. The molecule has 0 fully saturated rings. The Labute approximate surface area is 218 Å². The molecule has 0 saturated carbocycles. The number of imidazole rings is 1. The second-order valence-corrected chi connectivity index (χ2v) is 11.4. The van der Waals surface area contributed by atoms with Crippen molar-refractivity contribution in [2.75, 3.05) is 0 Å². The van der Waals surface area contributed by atoms with Gasteiger partial charge in [0.1, 0.15) is 23.4 Å². The Morgan fingerprint density at radius 1 is 0.811 bits per heavy atom. The number of furan rings is 1. The van der Waals surface area contributed by atoms with Crippen LogP contribution in [0.15, 0.2) is 83.3 Å². The fraction of sp³-hybridized carbons (Fsp3) is 0.265. The highest BCUT2D eigenvalue weighted by molar-refractivity contribution is 6.08. The summed E-state index contributed by atoms with van der Waals surface area (Å²) in [4.78, 5) is 0. The van der Waals surface area contributed by atoms with Gasteiger partial charge >= 0.3 is 0 Å². The summed E-state index contributed by atoms with van der Waals surface area (Å²) in [5.74, 6) is 2.33. The summed E-state index contributed by atoms with van der Waals surface area (Å²) in [6, 6.07) is 28.7. The third-order valence-electron chi connectivity index (χ3n) is 7.75. The van der Waals surface area contributed by atoms with E-state index in [4.69, 9.17) is 4.42 Å². The second kappa shape index (κ2) is 8.34. The summed E-state index contributed by atoms with van der Waals surface area (Å²) >= 11 is 0. The fourth-order valence-corrected chi connectivity index (χ4v) is 6.43. The quantitative estimate of drug-likeness (QED) is 0.225. The second-order valence-electron chi connectivity index (χ2n) is 11.4. The SMILES string of the molecule is CC(C)Cc1cc2oc3ccccc3c2c(CC(C)C)c1-n1c2[n+](c3ccccc31)Cc1ccccc1-2. The average Bonchev–Trinajstić information content (AvgIpc) is 3.52. The van der Waals surface area contributed by atoms with E-state index in [1.54, 1.807) is 0 Å².